The molecule has 0 aliphatic carbocycles. The normalized spacial score (nSPS) is 10.2. The number of ether oxygens (including phenoxy) is 2. The first kappa shape index (κ1) is 15.1. The molecule has 0 saturated carbocycles. The van der Waals surface area contributed by atoms with Crippen molar-refractivity contribution in [3.63, 3.8) is 0 Å². The minimum Gasteiger partial charge on any atom is -0.490 e. The molecular formula is C15H14N2O3. The molecule has 1 amide bonds. The van der Waals surface area contributed by atoms with Gasteiger partial charge in [0.15, 0.2) is 11.5 Å². The smallest absolute Gasteiger partial charge is 0.259 e. The molecule has 1 rings (SSSR count). The molecule has 0 radical (unpaired) electrons. The van der Waals surface area contributed by atoms with E-state index in [0.717, 1.165) is 0 Å². The van der Waals surface area contributed by atoms with Crippen LogP contribution >= 0.6 is 0 Å². The van der Waals surface area contributed by atoms with Crippen LogP contribution in [-0.4, -0.2) is 19.1 Å². The quantitative estimate of drug-likeness (QED) is 0.482. The summed E-state index contributed by atoms with van der Waals surface area (Å²) in [4.78, 5) is 11.0. The van der Waals surface area contributed by atoms with Crippen LogP contribution in [0.5, 0.6) is 11.5 Å². The molecule has 102 valence electrons. The number of benzene rings is 1. The number of rotatable bonds is 6. The third kappa shape index (κ3) is 4.08. The molecule has 1 aromatic carbocycles. The Kier molecular flexibility index (Phi) is 5.68. The second-order valence-corrected chi connectivity index (χ2v) is 3.67. The summed E-state index contributed by atoms with van der Waals surface area (Å²) in [6.45, 7) is 2.40. The molecule has 0 aliphatic heterocycles. The molecule has 0 saturated heterocycles. The number of amides is 1. The van der Waals surface area contributed by atoms with E-state index in [1.165, 1.54) is 6.08 Å². The second-order valence-electron chi connectivity index (χ2n) is 3.67. The molecule has 0 unspecified atom stereocenters. The number of carbonyl (C=O) groups is 1. The highest BCUT2D eigenvalue weighted by Crippen LogP contribution is 2.29. The number of carbonyl (C=O) groups excluding carboxylic acids is 1. The van der Waals surface area contributed by atoms with Gasteiger partial charge in [-0.3, -0.25) is 4.79 Å². The van der Waals surface area contributed by atoms with Crippen molar-refractivity contribution in [1.82, 2.24) is 0 Å². The van der Waals surface area contributed by atoms with Gasteiger partial charge in [-0.1, -0.05) is 12.0 Å². The molecule has 0 atom stereocenters. The van der Waals surface area contributed by atoms with E-state index in [2.05, 4.69) is 5.92 Å². The van der Waals surface area contributed by atoms with Crippen molar-refractivity contribution < 1.29 is 14.3 Å². The Hall–Kier alpha value is -2.92. The van der Waals surface area contributed by atoms with E-state index in [4.69, 9.17) is 26.9 Å². The highest BCUT2D eigenvalue weighted by Gasteiger charge is 2.08. The van der Waals surface area contributed by atoms with Gasteiger partial charge < -0.3 is 15.2 Å². The van der Waals surface area contributed by atoms with Crippen molar-refractivity contribution in [1.29, 1.82) is 5.26 Å². The third-order valence-corrected chi connectivity index (χ3v) is 2.28. The minimum atomic E-state index is -0.780. The van der Waals surface area contributed by atoms with Crippen molar-refractivity contribution >= 4 is 12.0 Å². The van der Waals surface area contributed by atoms with Crippen LogP contribution in [0.3, 0.4) is 0 Å². The number of hydrogen-bond acceptors (Lipinski definition) is 4. The van der Waals surface area contributed by atoms with Gasteiger partial charge >= 0.3 is 0 Å². The van der Waals surface area contributed by atoms with Gasteiger partial charge in [0.2, 0.25) is 0 Å². The lowest BCUT2D eigenvalue weighted by Crippen LogP contribution is -2.12. The third-order valence-electron chi connectivity index (χ3n) is 2.28. The lowest BCUT2D eigenvalue weighted by molar-refractivity contribution is -0.114. The van der Waals surface area contributed by atoms with E-state index >= 15 is 0 Å². The number of nitriles is 1. The summed E-state index contributed by atoms with van der Waals surface area (Å²) in [7, 11) is 0. The van der Waals surface area contributed by atoms with Gasteiger partial charge in [-0.2, -0.15) is 5.26 Å². The molecule has 5 heteroatoms. The van der Waals surface area contributed by atoms with Crippen molar-refractivity contribution in [3.8, 4) is 29.9 Å². The average molecular weight is 270 g/mol. The summed E-state index contributed by atoms with van der Waals surface area (Å²) in [5, 5.41) is 8.80. The number of nitrogens with zero attached hydrogens (tertiary/aromatic N) is 1. The van der Waals surface area contributed by atoms with E-state index in [1.54, 1.807) is 24.3 Å². The topological polar surface area (TPSA) is 85.3 Å². The van der Waals surface area contributed by atoms with Gasteiger partial charge in [-0.05, 0) is 30.7 Å². The maximum Gasteiger partial charge on any atom is 0.259 e. The van der Waals surface area contributed by atoms with Crippen molar-refractivity contribution in [2.45, 2.75) is 6.92 Å². The standard InChI is InChI=1S/C15H14N2O3/c1-3-7-20-13-6-5-11(9-14(13)19-4-2)8-12(10-16)15(17)18/h1,5-6,8-9H,4,7H2,2H3,(H2,17,18)/b12-8+. The monoisotopic (exact) mass is 270 g/mol. The van der Waals surface area contributed by atoms with Crippen molar-refractivity contribution in [2.24, 2.45) is 5.73 Å². The Morgan fingerprint density at radius 1 is 1.45 bits per heavy atom. The van der Waals surface area contributed by atoms with E-state index in [0.29, 0.717) is 23.7 Å². The summed E-state index contributed by atoms with van der Waals surface area (Å²) in [5.41, 5.74) is 5.55. The van der Waals surface area contributed by atoms with Crippen LogP contribution < -0.4 is 15.2 Å². The summed E-state index contributed by atoms with van der Waals surface area (Å²) in [5.74, 6) is 2.57. The predicted molar refractivity (Wildman–Crippen MR) is 74.7 cm³/mol. The zero-order valence-corrected chi connectivity index (χ0v) is 11.1. The van der Waals surface area contributed by atoms with Crippen LogP contribution in [-0.2, 0) is 4.79 Å². The van der Waals surface area contributed by atoms with Crippen molar-refractivity contribution in [3.05, 3.63) is 29.3 Å². The molecule has 5 nitrogen and oxygen atoms in total. The molecule has 0 spiro atoms. The Morgan fingerprint density at radius 3 is 2.75 bits per heavy atom. The van der Waals surface area contributed by atoms with Crippen LogP contribution in [0.15, 0.2) is 23.8 Å². The molecule has 0 aliphatic rings. The van der Waals surface area contributed by atoms with Gasteiger partial charge in [0.05, 0.1) is 6.61 Å². The largest absolute Gasteiger partial charge is 0.490 e. The predicted octanol–water partition coefficient (Wildman–Crippen LogP) is 1.49. The Balaban J connectivity index is 3.13. The molecule has 0 aromatic heterocycles. The number of primary amides is 1. The zero-order valence-electron chi connectivity index (χ0n) is 11.1. The van der Waals surface area contributed by atoms with Crippen LogP contribution in [0.4, 0.5) is 0 Å². The molecular weight excluding hydrogens is 256 g/mol. The van der Waals surface area contributed by atoms with Crippen LogP contribution in [0.1, 0.15) is 12.5 Å². The second kappa shape index (κ2) is 7.50. The summed E-state index contributed by atoms with van der Waals surface area (Å²) in [6.07, 6.45) is 6.52. The van der Waals surface area contributed by atoms with Gasteiger partial charge in [-0.25, -0.2) is 0 Å². The Bertz CT molecular complexity index is 607. The van der Waals surface area contributed by atoms with E-state index in [1.807, 2.05) is 6.92 Å². The Morgan fingerprint density at radius 2 is 2.20 bits per heavy atom. The maximum atomic E-state index is 11.0. The lowest BCUT2D eigenvalue weighted by atomic mass is 10.1. The Labute approximate surface area is 117 Å². The summed E-state index contributed by atoms with van der Waals surface area (Å²) < 4.78 is 10.8. The molecule has 20 heavy (non-hydrogen) atoms. The summed E-state index contributed by atoms with van der Waals surface area (Å²) in [6, 6.07) is 6.72. The first-order chi connectivity index (χ1) is 9.62. The fourth-order valence-corrected chi connectivity index (χ4v) is 1.45. The molecule has 0 fully saturated rings. The molecule has 2 N–H and O–H groups in total. The maximum absolute atomic E-state index is 11.0. The van der Waals surface area contributed by atoms with Crippen LogP contribution in [0.25, 0.3) is 6.08 Å². The molecule has 1 aromatic rings. The minimum absolute atomic E-state index is 0.125. The van der Waals surface area contributed by atoms with Gasteiger partial charge in [0.1, 0.15) is 18.2 Å². The van der Waals surface area contributed by atoms with Gasteiger partial charge in [0.25, 0.3) is 5.91 Å². The van der Waals surface area contributed by atoms with E-state index < -0.39 is 5.91 Å². The highest BCUT2D eigenvalue weighted by molar-refractivity contribution is 6.00. The van der Waals surface area contributed by atoms with Gasteiger partial charge in [0, 0.05) is 0 Å². The van der Waals surface area contributed by atoms with E-state index in [9.17, 15) is 4.79 Å². The number of nitrogens with two attached hydrogens (primary N) is 1. The first-order valence-electron chi connectivity index (χ1n) is 5.87. The number of hydrogen-bond donors (Lipinski definition) is 1. The van der Waals surface area contributed by atoms with E-state index in [-0.39, 0.29) is 12.2 Å². The SMILES string of the molecule is C#CCOc1ccc(/C=C(\C#N)C(N)=O)cc1OCC. The zero-order chi connectivity index (χ0) is 15.0. The van der Waals surface area contributed by atoms with Gasteiger partial charge in [-0.15, -0.1) is 6.42 Å². The fourth-order valence-electron chi connectivity index (χ4n) is 1.45. The fraction of sp³-hybridized carbons (Fsp3) is 0.200. The lowest BCUT2D eigenvalue weighted by Gasteiger charge is -2.11. The van der Waals surface area contributed by atoms with Crippen molar-refractivity contribution in [2.75, 3.05) is 13.2 Å². The average Bonchev–Trinajstić information content (AvgIpc) is 2.43. The molecule has 0 heterocycles. The van der Waals surface area contributed by atoms with Crippen LogP contribution in [0.2, 0.25) is 0 Å². The highest BCUT2D eigenvalue weighted by atomic mass is 16.5. The first-order valence-corrected chi connectivity index (χ1v) is 5.87. The molecule has 0 bridgehead atoms. The van der Waals surface area contributed by atoms with Crippen LogP contribution in [0, 0.1) is 23.7 Å². The summed E-state index contributed by atoms with van der Waals surface area (Å²) >= 11 is 0. The number of terminal acetylenes is 1.